The number of carbonyl (C=O) groups is 2. The van der Waals surface area contributed by atoms with E-state index in [-0.39, 0.29) is 28.6 Å². The molecule has 4 aliphatic rings. The summed E-state index contributed by atoms with van der Waals surface area (Å²) in [4.78, 5) is 26.8. The molecule has 0 aromatic rings. The molecular weight excluding hydrogens is 396 g/mol. The van der Waals surface area contributed by atoms with Crippen molar-refractivity contribution in [3.05, 3.63) is 34.9 Å². The van der Waals surface area contributed by atoms with Gasteiger partial charge < -0.3 is 20.1 Å². The lowest BCUT2D eigenvalue weighted by atomic mass is 9.59. The highest BCUT2D eigenvalue weighted by Gasteiger charge is 2.76. The molecular formula is C25H34O6. The summed E-state index contributed by atoms with van der Waals surface area (Å²) in [6, 6.07) is 0. The second kappa shape index (κ2) is 6.87. The lowest BCUT2D eigenvalue weighted by Gasteiger charge is -2.48. The van der Waals surface area contributed by atoms with Crippen LogP contribution in [0.4, 0.5) is 0 Å². The Morgan fingerprint density at radius 1 is 1.35 bits per heavy atom. The van der Waals surface area contributed by atoms with Crippen molar-refractivity contribution >= 4 is 11.8 Å². The fraction of sp³-hybridized carbons (Fsp3) is 0.680. The Morgan fingerprint density at radius 3 is 2.58 bits per heavy atom. The first-order chi connectivity index (χ1) is 14.4. The van der Waals surface area contributed by atoms with Crippen molar-refractivity contribution in [3.8, 4) is 0 Å². The van der Waals surface area contributed by atoms with Crippen LogP contribution < -0.4 is 0 Å². The third-order valence-corrected chi connectivity index (χ3v) is 8.88. The Bertz CT molecular complexity index is 926. The lowest BCUT2D eigenvalue weighted by Crippen LogP contribution is -2.65. The van der Waals surface area contributed by atoms with Gasteiger partial charge in [0.1, 0.15) is 6.10 Å². The Balaban J connectivity index is 1.91. The number of aliphatic hydroxyl groups is 3. The van der Waals surface area contributed by atoms with Crippen molar-refractivity contribution < 1.29 is 29.6 Å². The molecule has 8 atom stereocenters. The van der Waals surface area contributed by atoms with E-state index in [9.17, 15) is 24.9 Å². The zero-order chi connectivity index (χ0) is 23.1. The highest BCUT2D eigenvalue weighted by Crippen LogP contribution is 2.71. The standard InChI is InChI=1S/C25H34O6/c1-7-12(2)22(29)31-21-13(3)10-24-14(4)8-17-18(23(17,5)6)16(20(24)28)9-15(11-26)19(27)25(21,24)30/h7,9-10,14,16-19,21,26-27,30H,8,11H2,1-6H3/b12-7-/t14-,16?,17?,18?,19-,21+,24?,25+/m1/s1. The van der Waals surface area contributed by atoms with E-state index in [0.29, 0.717) is 17.1 Å². The first-order valence-corrected chi connectivity index (χ1v) is 11.2. The van der Waals surface area contributed by atoms with Crippen molar-refractivity contribution in [3.63, 3.8) is 0 Å². The number of Topliss-reactive ketones (excluding diaryl/α,β-unsaturated/α-hetero) is 1. The maximum absolute atomic E-state index is 14.2. The SMILES string of the molecule is C/C=C(/C)C(=O)O[C@H]1C(C)=CC23C(=O)C(C=C(CO)[C@@H](O)[C@]12O)C1C(C[C@H]3C)C1(C)C. The summed E-state index contributed by atoms with van der Waals surface area (Å²) in [6.07, 6.45) is 3.04. The van der Waals surface area contributed by atoms with Crippen LogP contribution in [0.15, 0.2) is 34.9 Å². The van der Waals surface area contributed by atoms with Crippen LogP contribution in [-0.4, -0.2) is 51.5 Å². The molecule has 170 valence electrons. The molecule has 0 aromatic carbocycles. The molecule has 6 heteroatoms. The topological polar surface area (TPSA) is 104 Å². The number of ketones is 1. The number of fused-ring (bicyclic) bond motifs is 3. The summed E-state index contributed by atoms with van der Waals surface area (Å²) >= 11 is 0. The Kier molecular flexibility index (Phi) is 4.97. The molecule has 31 heavy (non-hydrogen) atoms. The summed E-state index contributed by atoms with van der Waals surface area (Å²) < 4.78 is 5.72. The molecule has 2 saturated carbocycles. The molecule has 0 heterocycles. The predicted octanol–water partition coefficient (Wildman–Crippen LogP) is 2.33. The van der Waals surface area contributed by atoms with Gasteiger partial charge in [-0.15, -0.1) is 0 Å². The van der Waals surface area contributed by atoms with E-state index < -0.39 is 41.7 Å². The van der Waals surface area contributed by atoms with Gasteiger partial charge >= 0.3 is 5.97 Å². The molecule has 1 spiro atoms. The molecule has 0 radical (unpaired) electrons. The van der Waals surface area contributed by atoms with Gasteiger partial charge in [0.25, 0.3) is 0 Å². The zero-order valence-electron chi connectivity index (χ0n) is 19.2. The van der Waals surface area contributed by atoms with Gasteiger partial charge in [0, 0.05) is 11.5 Å². The number of carbonyl (C=O) groups excluding carboxylic acids is 2. The molecule has 0 amide bonds. The molecule has 4 unspecified atom stereocenters. The van der Waals surface area contributed by atoms with Gasteiger partial charge in [-0.3, -0.25) is 4.79 Å². The van der Waals surface area contributed by atoms with E-state index in [2.05, 4.69) is 13.8 Å². The van der Waals surface area contributed by atoms with Crippen molar-refractivity contribution in [1.82, 2.24) is 0 Å². The minimum Gasteiger partial charge on any atom is -0.451 e. The predicted molar refractivity (Wildman–Crippen MR) is 115 cm³/mol. The van der Waals surface area contributed by atoms with Crippen LogP contribution in [0.1, 0.15) is 48.0 Å². The number of ether oxygens (including phenoxy) is 1. The van der Waals surface area contributed by atoms with Crippen LogP contribution in [0, 0.1) is 34.5 Å². The molecule has 3 N–H and O–H groups in total. The van der Waals surface area contributed by atoms with Gasteiger partial charge in [-0.1, -0.05) is 39.0 Å². The first kappa shape index (κ1) is 22.4. The van der Waals surface area contributed by atoms with E-state index in [1.165, 1.54) is 0 Å². The lowest BCUT2D eigenvalue weighted by molar-refractivity contribution is -0.201. The van der Waals surface area contributed by atoms with Gasteiger partial charge in [0.2, 0.25) is 0 Å². The highest BCUT2D eigenvalue weighted by atomic mass is 16.6. The number of hydrogen-bond acceptors (Lipinski definition) is 6. The van der Waals surface area contributed by atoms with E-state index in [1.807, 2.05) is 6.92 Å². The minimum atomic E-state index is -2.08. The molecule has 0 aromatic heterocycles. The number of aliphatic hydroxyl groups excluding tert-OH is 2. The molecule has 2 fully saturated rings. The molecule has 0 saturated heterocycles. The number of allylic oxidation sites excluding steroid dienone is 2. The van der Waals surface area contributed by atoms with Gasteiger partial charge in [0.15, 0.2) is 17.5 Å². The van der Waals surface area contributed by atoms with E-state index in [1.54, 1.807) is 39.0 Å². The Labute approximate surface area is 183 Å². The van der Waals surface area contributed by atoms with Gasteiger partial charge in [0.05, 0.1) is 12.0 Å². The van der Waals surface area contributed by atoms with Crippen LogP contribution >= 0.6 is 0 Å². The Hall–Kier alpha value is -1.76. The van der Waals surface area contributed by atoms with E-state index in [4.69, 9.17) is 4.74 Å². The van der Waals surface area contributed by atoms with E-state index in [0.717, 1.165) is 6.42 Å². The zero-order valence-corrected chi connectivity index (χ0v) is 19.2. The number of rotatable bonds is 3. The Morgan fingerprint density at radius 2 is 2.00 bits per heavy atom. The second-order valence-corrected chi connectivity index (χ2v) is 10.6. The summed E-state index contributed by atoms with van der Waals surface area (Å²) in [5, 5.41) is 33.7. The first-order valence-electron chi connectivity index (χ1n) is 11.2. The minimum absolute atomic E-state index is 0.0209. The van der Waals surface area contributed by atoms with Crippen LogP contribution in [0.5, 0.6) is 0 Å². The molecule has 0 aliphatic heterocycles. The van der Waals surface area contributed by atoms with Gasteiger partial charge in [-0.05, 0) is 61.5 Å². The van der Waals surface area contributed by atoms with Crippen molar-refractivity contribution in [2.45, 2.75) is 65.8 Å². The highest BCUT2D eigenvalue weighted by molar-refractivity contribution is 5.96. The van der Waals surface area contributed by atoms with Crippen LogP contribution in [0.25, 0.3) is 0 Å². The van der Waals surface area contributed by atoms with Crippen molar-refractivity contribution in [2.24, 2.45) is 34.5 Å². The third kappa shape index (κ3) is 2.61. The van der Waals surface area contributed by atoms with Crippen LogP contribution in [0.3, 0.4) is 0 Å². The van der Waals surface area contributed by atoms with Crippen molar-refractivity contribution in [1.29, 1.82) is 0 Å². The number of hydrogen-bond donors (Lipinski definition) is 3. The van der Waals surface area contributed by atoms with E-state index >= 15 is 0 Å². The summed E-state index contributed by atoms with van der Waals surface area (Å²) in [5.74, 6) is -1.13. The maximum atomic E-state index is 14.2. The monoisotopic (exact) mass is 430 g/mol. The fourth-order valence-corrected chi connectivity index (χ4v) is 6.91. The molecule has 6 nitrogen and oxygen atoms in total. The largest absolute Gasteiger partial charge is 0.451 e. The molecule has 2 bridgehead atoms. The van der Waals surface area contributed by atoms with Crippen LogP contribution in [-0.2, 0) is 14.3 Å². The van der Waals surface area contributed by atoms with Gasteiger partial charge in [-0.2, -0.15) is 0 Å². The normalized spacial score (nSPS) is 45.6. The fourth-order valence-electron chi connectivity index (χ4n) is 6.91. The molecule has 4 rings (SSSR count). The quantitative estimate of drug-likeness (QED) is 0.361. The van der Waals surface area contributed by atoms with Gasteiger partial charge in [-0.25, -0.2) is 4.79 Å². The molecule has 4 aliphatic carbocycles. The van der Waals surface area contributed by atoms with Crippen molar-refractivity contribution in [2.75, 3.05) is 6.61 Å². The maximum Gasteiger partial charge on any atom is 0.334 e. The third-order valence-electron chi connectivity index (χ3n) is 8.88. The summed E-state index contributed by atoms with van der Waals surface area (Å²) in [6.45, 7) is 10.8. The van der Waals surface area contributed by atoms with Crippen LogP contribution in [0.2, 0.25) is 0 Å². The second-order valence-electron chi connectivity index (χ2n) is 10.6. The average molecular weight is 431 g/mol. The number of esters is 1. The summed E-state index contributed by atoms with van der Waals surface area (Å²) in [7, 11) is 0. The smallest absolute Gasteiger partial charge is 0.334 e. The average Bonchev–Trinajstić information content (AvgIpc) is 3.21. The summed E-state index contributed by atoms with van der Waals surface area (Å²) in [5.41, 5.74) is -2.36.